The molecule has 1 saturated carbocycles. The molecule has 0 radical (unpaired) electrons. The maximum absolute atomic E-state index is 4.73. The predicted octanol–water partition coefficient (Wildman–Crippen LogP) is 3.14. The Morgan fingerprint density at radius 2 is 2.17 bits per heavy atom. The third-order valence-corrected chi connectivity index (χ3v) is 4.20. The summed E-state index contributed by atoms with van der Waals surface area (Å²) in [7, 11) is 0. The number of fused-ring (bicyclic) bond motifs is 1. The van der Waals surface area contributed by atoms with Crippen molar-refractivity contribution in [1.82, 2.24) is 29.5 Å². The molecule has 0 amide bonds. The topological polar surface area (TPSA) is 83.8 Å². The van der Waals surface area contributed by atoms with Crippen LogP contribution in [0.4, 0.5) is 11.8 Å². The van der Waals surface area contributed by atoms with Gasteiger partial charge in [0.2, 0.25) is 5.95 Å². The van der Waals surface area contributed by atoms with Crippen LogP contribution in [0.2, 0.25) is 0 Å². The number of anilines is 2. The fourth-order valence-electron chi connectivity index (χ4n) is 2.79. The number of H-pyrrole nitrogens is 1. The largest absolute Gasteiger partial charge is 0.308 e. The van der Waals surface area contributed by atoms with E-state index in [1.165, 1.54) is 18.5 Å². The first kappa shape index (κ1) is 13.2. The zero-order valence-electron chi connectivity index (χ0n) is 12.8. The lowest BCUT2D eigenvalue weighted by Gasteiger charge is -2.08. The molecule has 0 saturated heterocycles. The molecule has 0 spiro atoms. The van der Waals surface area contributed by atoms with Crippen molar-refractivity contribution in [3.63, 3.8) is 0 Å². The molecule has 2 N–H and O–H groups in total. The van der Waals surface area contributed by atoms with Crippen molar-refractivity contribution in [1.29, 1.82) is 0 Å². The van der Waals surface area contributed by atoms with Gasteiger partial charge in [-0.1, -0.05) is 0 Å². The zero-order chi connectivity index (χ0) is 15.9. The van der Waals surface area contributed by atoms with E-state index in [1.54, 1.807) is 18.6 Å². The summed E-state index contributed by atoms with van der Waals surface area (Å²) >= 11 is 0. The minimum absolute atomic E-state index is 0.635. The smallest absolute Gasteiger partial charge is 0.214 e. The average Bonchev–Trinajstić information content (AvgIpc) is 3.17. The standard InChI is InChI=1S/C17H15N7/c1-2-12(10-18-5-1)13-9-16-19-6-7-24(16)17(20-13)21-15-8-14(22-23-15)11-3-4-11/h1-2,5-11H,3-4H2,(H2,20,21,22,23). The van der Waals surface area contributed by atoms with Crippen molar-refractivity contribution >= 4 is 17.4 Å². The highest BCUT2D eigenvalue weighted by Crippen LogP contribution is 2.39. The molecule has 0 aromatic carbocycles. The lowest BCUT2D eigenvalue weighted by Crippen LogP contribution is -2.02. The summed E-state index contributed by atoms with van der Waals surface area (Å²) in [4.78, 5) is 13.3. The molecule has 118 valence electrons. The van der Waals surface area contributed by atoms with Gasteiger partial charge in [-0.3, -0.25) is 14.5 Å². The molecule has 4 aromatic rings. The number of rotatable bonds is 4. The number of hydrogen-bond donors (Lipinski definition) is 2. The van der Waals surface area contributed by atoms with E-state index in [2.05, 4.69) is 31.5 Å². The summed E-state index contributed by atoms with van der Waals surface area (Å²) < 4.78 is 1.91. The maximum atomic E-state index is 4.73. The van der Waals surface area contributed by atoms with Crippen molar-refractivity contribution < 1.29 is 0 Å². The van der Waals surface area contributed by atoms with Gasteiger partial charge in [0.1, 0.15) is 5.65 Å². The second kappa shape index (κ2) is 5.16. The molecule has 0 aliphatic heterocycles. The molecule has 0 bridgehead atoms. The van der Waals surface area contributed by atoms with Crippen molar-refractivity contribution in [2.24, 2.45) is 0 Å². The summed E-state index contributed by atoms with van der Waals surface area (Å²) in [5, 5.41) is 10.7. The van der Waals surface area contributed by atoms with Gasteiger partial charge in [-0.25, -0.2) is 9.97 Å². The summed E-state index contributed by atoms with van der Waals surface area (Å²) in [6.07, 6.45) is 9.66. The lowest BCUT2D eigenvalue weighted by molar-refractivity contribution is 0.964. The van der Waals surface area contributed by atoms with Crippen LogP contribution >= 0.6 is 0 Å². The van der Waals surface area contributed by atoms with Gasteiger partial charge in [0.25, 0.3) is 0 Å². The highest BCUT2D eigenvalue weighted by atomic mass is 15.3. The molecule has 7 heteroatoms. The van der Waals surface area contributed by atoms with Crippen molar-refractivity contribution in [3.8, 4) is 11.3 Å². The molecule has 5 rings (SSSR count). The first-order valence-corrected chi connectivity index (χ1v) is 7.94. The third-order valence-electron chi connectivity index (χ3n) is 4.20. The van der Waals surface area contributed by atoms with Gasteiger partial charge in [0.15, 0.2) is 5.82 Å². The Bertz CT molecular complexity index is 998. The molecule has 1 aliphatic carbocycles. The van der Waals surface area contributed by atoms with Gasteiger partial charge in [0, 0.05) is 54.1 Å². The normalized spacial score (nSPS) is 14.2. The Balaban J connectivity index is 1.56. The van der Waals surface area contributed by atoms with Crippen LogP contribution in [0, 0.1) is 0 Å². The van der Waals surface area contributed by atoms with Gasteiger partial charge >= 0.3 is 0 Å². The Hall–Kier alpha value is -3.22. The van der Waals surface area contributed by atoms with Gasteiger partial charge in [-0.05, 0) is 25.0 Å². The van der Waals surface area contributed by atoms with Crippen LogP contribution in [0.1, 0.15) is 24.5 Å². The van der Waals surface area contributed by atoms with Gasteiger partial charge < -0.3 is 5.32 Å². The molecule has 4 aromatic heterocycles. The van der Waals surface area contributed by atoms with E-state index in [0.29, 0.717) is 11.9 Å². The molecule has 0 unspecified atom stereocenters. The SMILES string of the molecule is c1cncc(-c2cc3nccn3c(Nc3cc(C4CC4)[nH]n3)n2)c1. The molecule has 1 fully saturated rings. The highest BCUT2D eigenvalue weighted by Gasteiger charge is 2.25. The summed E-state index contributed by atoms with van der Waals surface area (Å²) in [6, 6.07) is 7.88. The van der Waals surface area contributed by atoms with Gasteiger partial charge in [-0.15, -0.1) is 0 Å². The van der Waals surface area contributed by atoms with Crippen LogP contribution in [0.3, 0.4) is 0 Å². The van der Waals surface area contributed by atoms with E-state index < -0.39 is 0 Å². The van der Waals surface area contributed by atoms with Crippen LogP contribution < -0.4 is 5.32 Å². The van der Waals surface area contributed by atoms with Crippen LogP contribution in [-0.4, -0.2) is 29.5 Å². The van der Waals surface area contributed by atoms with Crippen LogP contribution in [0.15, 0.2) is 49.1 Å². The number of nitrogens with one attached hydrogen (secondary N) is 2. The lowest BCUT2D eigenvalue weighted by atomic mass is 10.2. The van der Waals surface area contributed by atoms with E-state index in [1.807, 2.05) is 28.8 Å². The van der Waals surface area contributed by atoms with E-state index in [-0.39, 0.29) is 0 Å². The molecular formula is C17H15N7. The molecule has 7 nitrogen and oxygen atoms in total. The quantitative estimate of drug-likeness (QED) is 0.604. The molecule has 4 heterocycles. The van der Waals surface area contributed by atoms with Crippen molar-refractivity contribution in [2.45, 2.75) is 18.8 Å². The van der Waals surface area contributed by atoms with E-state index >= 15 is 0 Å². The Kier molecular flexibility index (Phi) is 2.84. The van der Waals surface area contributed by atoms with Crippen LogP contribution in [-0.2, 0) is 0 Å². The Morgan fingerprint density at radius 3 is 3.00 bits per heavy atom. The highest BCUT2D eigenvalue weighted by molar-refractivity contribution is 5.66. The van der Waals surface area contributed by atoms with Crippen LogP contribution in [0.5, 0.6) is 0 Å². The minimum Gasteiger partial charge on any atom is -0.308 e. The molecule has 0 atom stereocenters. The third kappa shape index (κ3) is 2.30. The fraction of sp³-hybridized carbons (Fsp3) is 0.176. The number of imidazole rings is 1. The number of hydrogen-bond acceptors (Lipinski definition) is 5. The number of pyridine rings is 1. The summed E-state index contributed by atoms with van der Waals surface area (Å²) in [5.41, 5.74) is 3.78. The zero-order valence-corrected chi connectivity index (χ0v) is 12.8. The van der Waals surface area contributed by atoms with Gasteiger partial charge in [-0.2, -0.15) is 5.10 Å². The van der Waals surface area contributed by atoms with E-state index in [4.69, 9.17) is 4.98 Å². The Labute approximate surface area is 137 Å². The molecule has 1 aliphatic rings. The first-order valence-electron chi connectivity index (χ1n) is 7.94. The van der Waals surface area contributed by atoms with Crippen molar-refractivity contribution in [3.05, 3.63) is 54.7 Å². The number of aromatic nitrogens is 6. The number of nitrogens with zero attached hydrogens (tertiary/aromatic N) is 5. The summed E-state index contributed by atoms with van der Waals surface area (Å²) in [5.74, 6) is 2.08. The van der Waals surface area contributed by atoms with Crippen LogP contribution in [0.25, 0.3) is 16.9 Å². The summed E-state index contributed by atoms with van der Waals surface area (Å²) in [6.45, 7) is 0. The first-order chi connectivity index (χ1) is 11.9. The fourth-order valence-corrected chi connectivity index (χ4v) is 2.79. The second-order valence-corrected chi connectivity index (χ2v) is 5.97. The number of aromatic amines is 1. The Morgan fingerprint density at radius 1 is 1.21 bits per heavy atom. The van der Waals surface area contributed by atoms with Crippen molar-refractivity contribution in [2.75, 3.05) is 5.32 Å². The van der Waals surface area contributed by atoms with E-state index in [0.717, 1.165) is 22.7 Å². The maximum Gasteiger partial charge on any atom is 0.214 e. The monoisotopic (exact) mass is 317 g/mol. The van der Waals surface area contributed by atoms with Gasteiger partial charge in [0.05, 0.1) is 5.69 Å². The second-order valence-electron chi connectivity index (χ2n) is 5.97. The molecular weight excluding hydrogens is 302 g/mol. The average molecular weight is 317 g/mol. The minimum atomic E-state index is 0.635. The van der Waals surface area contributed by atoms with E-state index in [9.17, 15) is 0 Å². The molecule has 24 heavy (non-hydrogen) atoms. The predicted molar refractivity (Wildman–Crippen MR) is 90.1 cm³/mol.